The summed E-state index contributed by atoms with van der Waals surface area (Å²) in [5.74, 6) is 1.44. The molecule has 0 spiro atoms. The average molecular weight is 247 g/mol. The molecule has 2 heteroatoms. The maximum Gasteiger partial charge on any atom is 0.0502 e. The molecular weight excluding hydrogens is 222 g/mol. The summed E-state index contributed by atoms with van der Waals surface area (Å²) in [6.07, 6.45) is 1.27. The normalized spacial score (nSPS) is 22.6. The molecule has 1 aromatic carbocycles. The lowest BCUT2D eigenvalue weighted by Gasteiger charge is -2.19. The van der Waals surface area contributed by atoms with Crippen molar-refractivity contribution in [3.8, 4) is 0 Å². The minimum absolute atomic E-state index is 0.239. The molecule has 1 heterocycles. The SMILES string of the molecule is CC(C)C(CO)c1ccc(C2CCN(C)C2)cc1. The molecule has 0 bridgehead atoms. The van der Waals surface area contributed by atoms with Crippen molar-refractivity contribution in [1.82, 2.24) is 4.90 Å². The van der Waals surface area contributed by atoms with Crippen LogP contribution in [0.15, 0.2) is 24.3 Å². The molecule has 1 aromatic rings. The van der Waals surface area contributed by atoms with Gasteiger partial charge in [-0.2, -0.15) is 0 Å². The molecule has 0 amide bonds. The number of hydrogen-bond donors (Lipinski definition) is 1. The standard InChI is InChI=1S/C16H25NO/c1-12(2)16(11-18)14-6-4-13(5-7-14)15-8-9-17(3)10-15/h4-7,12,15-16,18H,8-11H2,1-3H3. The second-order valence-electron chi connectivity index (χ2n) is 5.95. The summed E-state index contributed by atoms with van der Waals surface area (Å²) in [4.78, 5) is 2.39. The second kappa shape index (κ2) is 5.85. The number of likely N-dealkylation sites (N-methyl/N-ethyl adjacent to an activating group) is 1. The van der Waals surface area contributed by atoms with Crippen LogP contribution in [0.3, 0.4) is 0 Å². The van der Waals surface area contributed by atoms with Gasteiger partial charge in [-0.05, 0) is 43.0 Å². The highest BCUT2D eigenvalue weighted by Gasteiger charge is 2.21. The van der Waals surface area contributed by atoms with Crippen LogP contribution >= 0.6 is 0 Å². The molecule has 2 rings (SSSR count). The minimum atomic E-state index is 0.239. The Bertz CT molecular complexity index is 371. The van der Waals surface area contributed by atoms with Crippen molar-refractivity contribution in [2.75, 3.05) is 26.7 Å². The van der Waals surface area contributed by atoms with E-state index in [9.17, 15) is 5.11 Å². The van der Waals surface area contributed by atoms with Crippen molar-refractivity contribution in [2.45, 2.75) is 32.1 Å². The quantitative estimate of drug-likeness (QED) is 0.884. The molecule has 1 N–H and O–H groups in total. The highest BCUT2D eigenvalue weighted by molar-refractivity contribution is 5.29. The first-order valence-corrected chi connectivity index (χ1v) is 7.01. The van der Waals surface area contributed by atoms with Crippen LogP contribution in [0.1, 0.15) is 43.2 Å². The third-order valence-electron chi connectivity index (χ3n) is 4.23. The Labute approximate surface area is 111 Å². The summed E-state index contributed by atoms with van der Waals surface area (Å²) < 4.78 is 0. The summed E-state index contributed by atoms with van der Waals surface area (Å²) in [7, 11) is 2.19. The van der Waals surface area contributed by atoms with Gasteiger partial charge in [-0.25, -0.2) is 0 Å². The van der Waals surface area contributed by atoms with Crippen molar-refractivity contribution in [3.63, 3.8) is 0 Å². The first kappa shape index (κ1) is 13.6. The predicted molar refractivity (Wildman–Crippen MR) is 76.0 cm³/mol. The molecule has 2 unspecified atom stereocenters. The van der Waals surface area contributed by atoms with E-state index in [2.05, 4.69) is 50.1 Å². The minimum Gasteiger partial charge on any atom is -0.396 e. The summed E-state index contributed by atoms with van der Waals surface area (Å²) in [5.41, 5.74) is 2.71. The van der Waals surface area contributed by atoms with Crippen molar-refractivity contribution in [1.29, 1.82) is 0 Å². The monoisotopic (exact) mass is 247 g/mol. The third kappa shape index (κ3) is 2.93. The number of benzene rings is 1. The van der Waals surface area contributed by atoms with Crippen LogP contribution in [0, 0.1) is 5.92 Å². The number of aliphatic hydroxyl groups is 1. The molecule has 1 fully saturated rings. The highest BCUT2D eigenvalue weighted by Crippen LogP contribution is 2.29. The lowest BCUT2D eigenvalue weighted by atomic mass is 9.87. The van der Waals surface area contributed by atoms with E-state index in [1.54, 1.807) is 0 Å². The smallest absolute Gasteiger partial charge is 0.0502 e. The van der Waals surface area contributed by atoms with Crippen molar-refractivity contribution >= 4 is 0 Å². The number of likely N-dealkylation sites (tertiary alicyclic amines) is 1. The van der Waals surface area contributed by atoms with Gasteiger partial charge < -0.3 is 10.0 Å². The lowest BCUT2D eigenvalue weighted by Crippen LogP contribution is -2.13. The van der Waals surface area contributed by atoms with Gasteiger partial charge in [-0.3, -0.25) is 0 Å². The summed E-state index contributed by atoms with van der Waals surface area (Å²) in [6.45, 7) is 6.95. The third-order valence-corrected chi connectivity index (χ3v) is 4.23. The van der Waals surface area contributed by atoms with Gasteiger partial charge in [0.1, 0.15) is 0 Å². The van der Waals surface area contributed by atoms with Gasteiger partial charge in [0, 0.05) is 12.5 Å². The number of hydrogen-bond acceptors (Lipinski definition) is 2. The zero-order valence-electron chi connectivity index (χ0n) is 11.8. The Balaban J connectivity index is 2.09. The number of aliphatic hydroxyl groups excluding tert-OH is 1. The molecule has 1 aliphatic heterocycles. The molecule has 0 radical (unpaired) electrons. The molecular formula is C16H25NO. The Hall–Kier alpha value is -0.860. The first-order chi connectivity index (χ1) is 8.61. The number of nitrogens with zero attached hydrogens (tertiary/aromatic N) is 1. The van der Waals surface area contributed by atoms with Crippen LogP contribution < -0.4 is 0 Å². The Morgan fingerprint density at radius 3 is 2.39 bits per heavy atom. The van der Waals surface area contributed by atoms with Gasteiger partial charge in [0.15, 0.2) is 0 Å². The van der Waals surface area contributed by atoms with E-state index >= 15 is 0 Å². The van der Waals surface area contributed by atoms with Crippen LogP contribution in [0.25, 0.3) is 0 Å². The molecule has 0 aromatic heterocycles. The second-order valence-corrected chi connectivity index (χ2v) is 5.95. The first-order valence-electron chi connectivity index (χ1n) is 7.01. The predicted octanol–water partition coefficient (Wildman–Crippen LogP) is 2.84. The van der Waals surface area contributed by atoms with Gasteiger partial charge >= 0.3 is 0 Å². The summed E-state index contributed by atoms with van der Waals surface area (Å²) in [5, 5.41) is 9.46. The molecule has 0 saturated carbocycles. The van der Waals surface area contributed by atoms with Crippen molar-refractivity contribution in [3.05, 3.63) is 35.4 Å². The molecule has 1 aliphatic rings. The summed E-state index contributed by atoms with van der Waals surface area (Å²) >= 11 is 0. The van der Waals surface area contributed by atoms with E-state index in [-0.39, 0.29) is 12.5 Å². The van der Waals surface area contributed by atoms with Crippen LogP contribution in [-0.4, -0.2) is 36.8 Å². The average Bonchev–Trinajstić information content (AvgIpc) is 2.77. The Morgan fingerprint density at radius 1 is 1.28 bits per heavy atom. The highest BCUT2D eigenvalue weighted by atomic mass is 16.3. The molecule has 0 aliphatic carbocycles. The maximum atomic E-state index is 9.46. The van der Waals surface area contributed by atoms with E-state index in [1.165, 1.54) is 30.6 Å². The maximum absolute atomic E-state index is 9.46. The molecule has 2 nitrogen and oxygen atoms in total. The van der Waals surface area contributed by atoms with E-state index < -0.39 is 0 Å². The van der Waals surface area contributed by atoms with Crippen molar-refractivity contribution in [2.24, 2.45) is 5.92 Å². The van der Waals surface area contributed by atoms with Crippen molar-refractivity contribution < 1.29 is 5.11 Å². The van der Waals surface area contributed by atoms with Gasteiger partial charge in [0.2, 0.25) is 0 Å². The summed E-state index contributed by atoms with van der Waals surface area (Å²) in [6, 6.07) is 8.91. The van der Waals surface area contributed by atoms with Crippen LogP contribution in [0.2, 0.25) is 0 Å². The zero-order chi connectivity index (χ0) is 13.1. The van der Waals surface area contributed by atoms with Gasteiger partial charge in [0.05, 0.1) is 6.61 Å². The van der Waals surface area contributed by atoms with Gasteiger partial charge in [-0.1, -0.05) is 38.1 Å². The fourth-order valence-corrected chi connectivity index (χ4v) is 2.92. The molecule has 100 valence electrons. The Kier molecular flexibility index (Phi) is 4.41. The van der Waals surface area contributed by atoms with Crippen LogP contribution in [-0.2, 0) is 0 Å². The van der Waals surface area contributed by atoms with E-state index in [4.69, 9.17) is 0 Å². The van der Waals surface area contributed by atoms with E-state index in [1.807, 2.05) is 0 Å². The van der Waals surface area contributed by atoms with Gasteiger partial charge in [0.25, 0.3) is 0 Å². The number of rotatable bonds is 4. The zero-order valence-corrected chi connectivity index (χ0v) is 11.8. The van der Waals surface area contributed by atoms with E-state index in [0.717, 1.165) is 0 Å². The van der Waals surface area contributed by atoms with E-state index in [0.29, 0.717) is 11.8 Å². The lowest BCUT2D eigenvalue weighted by molar-refractivity contribution is 0.237. The molecule has 1 saturated heterocycles. The Morgan fingerprint density at radius 2 is 1.94 bits per heavy atom. The van der Waals surface area contributed by atoms with Gasteiger partial charge in [-0.15, -0.1) is 0 Å². The largest absolute Gasteiger partial charge is 0.396 e. The topological polar surface area (TPSA) is 23.5 Å². The fraction of sp³-hybridized carbons (Fsp3) is 0.625. The molecule has 18 heavy (non-hydrogen) atoms. The fourth-order valence-electron chi connectivity index (χ4n) is 2.92. The van der Waals surface area contributed by atoms with Crippen LogP contribution in [0.4, 0.5) is 0 Å². The van der Waals surface area contributed by atoms with Crippen LogP contribution in [0.5, 0.6) is 0 Å². The molecule has 2 atom stereocenters.